The highest BCUT2D eigenvalue weighted by atomic mass is 16.5. The summed E-state index contributed by atoms with van der Waals surface area (Å²) in [6.07, 6.45) is 8.69. The van der Waals surface area contributed by atoms with Gasteiger partial charge in [-0.25, -0.2) is 4.98 Å². The fraction of sp³-hybridized carbons (Fsp3) is 0.769. The molecule has 0 aromatic carbocycles. The summed E-state index contributed by atoms with van der Waals surface area (Å²) in [6, 6.07) is 0.687. The van der Waals surface area contributed by atoms with Crippen LogP contribution in [0.1, 0.15) is 31.7 Å². The standard InChI is InChI=1S/C13H23N3O2/c1-17-10-11-18-9-3-2-6-14-13-15-7-8-16(13)12-4-5-12/h7-8,12H,2-6,9-11H2,1H3,(H,14,15). The van der Waals surface area contributed by atoms with E-state index in [1.165, 1.54) is 12.8 Å². The van der Waals surface area contributed by atoms with Crippen molar-refractivity contribution in [3.8, 4) is 0 Å². The SMILES string of the molecule is COCCOCCCCNc1nccn1C1CC1. The minimum atomic E-state index is 0.678. The fourth-order valence-corrected chi connectivity index (χ4v) is 1.87. The molecular weight excluding hydrogens is 230 g/mol. The predicted octanol–water partition coefficient (Wildman–Crippen LogP) is 2.07. The molecule has 18 heavy (non-hydrogen) atoms. The monoisotopic (exact) mass is 253 g/mol. The van der Waals surface area contributed by atoms with Crippen molar-refractivity contribution in [1.29, 1.82) is 0 Å². The topological polar surface area (TPSA) is 48.3 Å². The Morgan fingerprint density at radius 3 is 3.00 bits per heavy atom. The molecule has 1 heterocycles. The van der Waals surface area contributed by atoms with E-state index in [-0.39, 0.29) is 0 Å². The van der Waals surface area contributed by atoms with Gasteiger partial charge in [-0.2, -0.15) is 0 Å². The fourth-order valence-electron chi connectivity index (χ4n) is 1.87. The normalized spacial score (nSPS) is 14.9. The molecule has 0 aliphatic heterocycles. The number of aromatic nitrogens is 2. The molecule has 5 nitrogen and oxygen atoms in total. The first-order chi connectivity index (χ1) is 8.92. The lowest BCUT2D eigenvalue weighted by atomic mass is 10.3. The van der Waals surface area contributed by atoms with Crippen LogP contribution in [0.25, 0.3) is 0 Å². The van der Waals surface area contributed by atoms with Gasteiger partial charge in [0.15, 0.2) is 0 Å². The Labute approximate surface area is 108 Å². The third kappa shape index (κ3) is 4.31. The van der Waals surface area contributed by atoms with E-state index < -0.39 is 0 Å². The molecule has 1 aromatic heterocycles. The minimum Gasteiger partial charge on any atom is -0.382 e. The summed E-state index contributed by atoms with van der Waals surface area (Å²) < 4.78 is 12.6. The zero-order valence-electron chi connectivity index (χ0n) is 11.1. The molecule has 0 spiro atoms. The van der Waals surface area contributed by atoms with Crippen molar-refractivity contribution in [3.63, 3.8) is 0 Å². The lowest BCUT2D eigenvalue weighted by molar-refractivity contribution is 0.0691. The molecule has 0 radical (unpaired) electrons. The van der Waals surface area contributed by atoms with Crippen LogP contribution in [0.15, 0.2) is 12.4 Å². The summed E-state index contributed by atoms with van der Waals surface area (Å²) in [5.41, 5.74) is 0. The smallest absolute Gasteiger partial charge is 0.203 e. The van der Waals surface area contributed by atoms with E-state index >= 15 is 0 Å². The average Bonchev–Trinajstić information content (AvgIpc) is 3.12. The Morgan fingerprint density at radius 1 is 1.33 bits per heavy atom. The molecular formula is C13H23N3O2. The molecule has 1 aliphatic rings. The van der Waals surface area contributed by atoms with Crippen LogP contribution < -0.4 is 5.32 Å². The molecule has 2 rings (SSSR count). The van der Waals surface area contributed by atoms with Crippen molar-refractivity contribution < 1.29 is 9.47 Å². The Kier molecular flexibility index (Phi) is 5.48. The van der Waals surface area contributed by atoms with E-state index in [4.69, 9.17) is 9.47 Å². The number of imidazole rings is 1. The van der Waals surface area contributed by atoms with Crippen LogP contribution in [-0.2, 0) is 9.47 Å². The van der Waals surface area contributed by atoms with Crippen LogP contribution in [0, 0.1) is 0 Å². The first kappa shape index (κ1) is 13.4. The van der Waals surface area contributed by atoms with E-state index in [1.807, 2.05) is 6.20 Å². The second kappa shape index (κ2) is 7.38. The Hall–Kier alpha value is -1.07. The Bertz CT molecular complexity index is 337. The van der Waals surface area contributed by atoms with Crippen molar-refractivity contribution >= 4 is 5.95 Å². The van der Waals surface area contributed by atoms with Crippen LogP contribution in [0.4, 0.5) is 5.95 Å². The maximum absolute atomic E-state index is 5.41. The Morgan fingerprint density at radius 2 is 2.22 bits per heavy atom. The average molecular weight is 253 g/mol. The summed E-state index contributed by atoms with van der Waals surface area (Å²) >= 11 is 0. The van der Waals surface area contributed by atoms with Crippen molar-refractivity contribution in [2.24, 2.45) is 0 Å². The quantitative estimate of drug-likeness (QED) is 0.649. The van der Waals surface area contributed by atoms with Gasteiger partial charge in [0, 0.05) is 38.7 Å². The second-order valence-electron chi connectivity index (χ2n) is 4.63. The highest BCUT2D eigenvalue weighted by Gasteiger charge is 2.25. The van der Waals surface area contributed by atoms with Gasteiger partial charge in [-0.15, -0.1) is 0 Å². The number of anilines is 1. The highest BCUT2D eigenvalue weighted by Crippen LogP contribution is 2.36. The first-order valence-corrected chi connectivity index (χ1v) is 6.75. The summed E-state index contributed by atoms with van der Waals surface area (Å²) in [5, 5.41) is 3.39. The van der Waals surface area contributed by atoms with Gasteiger partial charge in [0.2, 0.25) is 5.95 Å². The van der Waals surface area contributed by atoms with Gasteiger partial charge in [-0.05, 0) is 25.7 Å². The third-order valence-corrected chi connectivity index (χ3v) is 3.04. The maximum atomic E-state index is 5.41. The Balaban J connectivity index is 1.51. The molecule has 0 saturated heterocycles. The number of nitrogens with one attached hydrogen (secondary N) is 1. The van der Waals surface area contributed by atoms with Crippen LogP contribution in [0.3, 0.4) is 0 Å². The van der Waals surface area contributed by atoms with Gasteiger partial charge in [0.1, 0.15) is 0 Å². The summed E-state index contributed by atoms with van der Waals surface area (Å²) in [4.78, 5) is 4.34. The number of rotatable bonds is 10. The van der Waals surface area contributed by atoms with E-state index in [2.05, 4.69) is 21.1 Å². The van der Waals surface area contributed by atoms with Gasteiger partial charge >= 0.3 is 0 Å². The molecule has 1 aromatic rings. The van der Waals surface area contributed by atoms with Crippen molar-refractivity contribution in [3.05, 3.63) is 12.4 Å². The molecule has 0 unspecified atom stereocenters. The highest BCUT2D eigenvalue weighted by molar-refractivity contribution is 5.27. The van der Waals surface area contributed by atoms with Crippen molar-refractivity contribution in [2.75, 3.05) is 38.8 Å². The van der Waals surface area contributed by atoms with E-state index in [0.29, 0.717) is 19.3 Å². The zero-order chi connectivity index (χ0) is 12.6. The summed E-state index contributed by atoms with van der Waals surface area (Å²) in [6.45, 7) is 3.13. The lowest BCUT2D eigenvalue weighted by Crippen LogP contribution is -2.09. The third-order valence-electron chi connectivity index (χ3n) is 3.04. The van der Waals surface area contributed by atoms with Gasteiger partial charge in [-0.3, -0.25) is 0 Å². The molecule has 1 aliphatic carbocycles. The van der Waals surface area contributed by atoms with Crippen molar-refractivity contribution in [2.45, 2.75) is 31.7 Å². The molecule has 1 fully saturated rings. The molecule has 0 atom stereocenters. The molecule has 1 saturated carbocycles. The number of unbranched alkanes of at least 4 members (excludes halogenated alkanes) is 1. The first-order valence-electron chi connectivity index (χ1n) is 6.75. The van der Waals surface area contributed by atoms with Gasteiger partial charge < -0.3 is 19.4 Å². The molecule has 0 amide bonds. The van der Waals surface area contributed by atoms with Gasteiger partial charge in [-0.1, -0.05) is 0 Å². The number of ether oxygens (including phenoxy) is 2. The van der Waals surface area contributed by atoms with Crippen LogP contribution >= 0.6 is 0 Å². The predicted molar refractivity (Wildman–Crippen MR) is 70.9 cm³/mol. The van der Waals surface area contributed by atoms with Crippen molar-refractivity contribution in [1.82, 2.24) is 9.55 Å². The van der Waals surface area contributed by atoms with E-state index in [1.54, 1.807) is 7.11 Å². The molecule has 102 valence electrons. The lowest BCUT2D eigenvalue weighted by Gasteiger charge is -2.08. The molecule has 5 heteroatoms. The molecule has 0 bridgehead atoms. The van der Waals surface area contributed by atoms with E-state index in [0.717, 1.165) is 31.9 Å². The number of hydrogen-bond donors (Lipinski definition) is 1. The zero-order valence-corrected chi connectivity index (χ0v) is 11.1. The van der Waals surface area contributed by atoms with Crippen LogP contribution in [-0.4, -0.2) is 43.0 Å². The number of nitrogens with zero attached hydrogens (tertiary/aromatic N) is 2. The largest absolute Gasteiger partial charge is 0.382 e. The maximum Gasteiger partial charge on any atom is 0.203 e. The van der Waals surface area contributed by atoms with Crippen LogP contribution in [0.5, 0.6) is 0 Å². The second-order valence-corrected chi connectivity index (χ2v) is 4.63. The number of hydrogen-bond acceptors (Lipinski definition) is 4. The molecule has 1 N–H and O–H groups in total. The van der Waals surface area contributed by atoms with Gasteiger partial charge in [0.25, 0.3) is 0 Å². The summed E-state index contributed by atoms with van der Waals surface area (Å²) in [5.74, 6) is 1.01. The van der Waals surface area contributed by atoms with Gasteiger partial charge in [0.05, 0.1) is 13.2 Å². The number of methoxy groups -OCH3 is 1. The summed E-state index contributed by atoms with van der Waals surface area (Å²) in [7, 11) is 1.69. The minimum absolute atomic E-state index is 0.678. The van der Waals surface area contributed by atoms with Crippen LogP contribution in [0.2, 0.25) is 0 Å². The van der Waals surface area contributed by atoms with E-state index in [9.17, 15) is 0 Å².